The van der Waals surface area contributed by atoms with Crippen LogP contribution >= 0.6 is 11.3 Å². The summed E-state index contributed by atoms with van der Waals surface area (Å²) in [6.07, 6.45) is 9.79. The van der Waals surface area contributed by atoms with Crippen molar-refractivity contribution in [2.24, 2.45) is 5.92 Å². The van der Waals surface area contributed by atoms with Gasteiger partial charge in [0.2, 0.25) is 5.91 Å². The zero-order valence-electron chi connectivity index (χ0n) is 15.0. The SMILES string of the molecule is O=C(c1cc2c(s1)CCC(C(=O)N1CCCCCC1)C2)N1CCCC1. The molecule has 5 heteroatoms. The summed E-state index contributed by atoms with van der Waals surface area (Å²) in [6.45, 7) is 3.67. The summed E-state index contributed by atoms with van der Waals surface area (Å²) in [4.78, 5) is 31.9. The Labute approximate surface area is 154 Å². The highest BCUT2D eigenvalue weighted by molar-refractivity contribution is 7.14. The van der Waals surface area contributed by atoms with Gasteiger partial charge in [-0.3, -0.25) is 9.59 Å². The van der Waals surface area contributed by atoms with Gasteiger partial charge in [0.25, 0.3) is 5.91 Å². The third-order valence-corrected chi connectivity index (χ3v) is 7.18. The van der Waals surface area contributed by atoms with Crippen molar-refractivity contribution in [1.82, 2.24) is 9.80 Å². The van der Waals surface area contributed by atoms with Gasteiger partial charge in [-0.1, -0.05) is 12.8 Å². The summed E-state index contributed by atoms with van der Waals surface area (Å²) in [7, 11) is 0. The third-order valence-electron chi connectivity index (χ3n) is 5.95. The summed E-state index contributed by atoms with van der Waals surface area (Å²) >= 11 is 1.67. The van der Waals surface area contributed by atoms with Gasteiger partial charge in [0.05, 0.1) is 4.88 Å². The summed E-state index contributed by atoms with van der Waals surface area (Å²) < 4.78 is 0. The van der Waals surface area contributed by atoms with E-state index in [9.17, 15) is 9.59 Å². The molecule has 0 saturated carbocycles. The van der Waals surface area contributed by atoms with Crippen molar-refractivity contribution in [3.8, 4) is 0 Å². The Morgan fingerprint density at radius 1 is 0.920 bits per heavy atom. The minimum Gasteiger partial charge on any atom is -0.342 e. The Bertz CT molecular complexity index is 640. The molecule has 136 valence electrons. The number of likely N-dealkylation sites (tertiary alicyclic amines) is 2. The first kappa shape index (κ1) is 17.1. The molecular formula is C20H28N2O2S. The van der Waals surface area contributed by atoms with Crippen LogP contribution in [0.2, 0.25) is 0 Å². The lowest BCUT2D eigenvalue weighted by atomic mass is 9.87. The molecule has 0 N–H and O–H groups in total. The first-order chi connectivity index (χ1) is 12.2. The molecule has 1 atom stereocenters. The van der Waals surface area contributed by atoms with E-state index in [0.29, 0.717) is 5.91 Å². The number of nitrogens with zero attached hydrogens (tertiary/aromatic N) is 2. The van der Waals surface area contributed by atoms with E-state index in [2.05, 4.69) is 11.0 Å². The van der Waals surface area contributed by atoms with Crippen LogP contribution in [0.15, 0.2) is 6.07 Å². The molecule has 1 aromatic rings. The lowest BCUT2D eigenvalue weighted by Gasteiger charge is -2.28. The van der Waals surface area contributed by atoms with E-state index in [4.69, 9.17) is 0 Å². The molecule has 3 aliphatic rings. The number of aryl methyl sites for hydroxylation is 1. The molecule has 1 unspecified atom stereocenters. The number of fused-ring (bicyclic) bond motifs is 1. The van der Waals surface area contributed by atoms with Gasteiger partial charge in [-0.2, -0.15) is 0 Å². The zero-order valence-corrected chi connectivity index (χ0v) is 15.8. The molecule has 0 radical (unpaired) electrons. The highest BCUT2D eigenvalue weighted by atomic mass is 32.1. The molecule has 4 rings (SSSR count). The number of hydrogen-bond acceptors (Lipinski definition) is 3. The van der Waals surface area contributed by atoms with Crippen molar-refractivity contribution in [3.63, 3.8) is 0 Å². The normalized spacial score (nSPS) is 24.1. The largest absolute Gasteiger partial charge is 0.342 e. The molecule has 4 nitrogen and oxygen atoms in total. The molecule has 2 fully saturated rings. The van der Waals surface area contributed by atoms with Crippen molar-refractivity contribution >= 4 is 23.2 Å². The van der Waals surface area contributed by atoms with Gasteiger partial charge >= 0.3 is 0 Å². The van der Waals surface area contributed by atoms with Crippen LogP contribution in [0.25, 0.3) is 0 Å². The fraction of sp³-hybridized carbons (Fsp3) is 0.700. The minimum atomic E-state index is 0.120. The van der Waals surface area contributed by atoms with Gasteiger partial charge in [-0.25, -0.2) is 0 Å². The molecule has 2 aliphatic heterocycles. The number of rotatable bonds is 2. The second kappa shape index (κ2) is 7.48. The smallest absolute Gasteiger partial charge is 0.263 e. The molecule has 1 aromatic heterocycles. The van der Waals surface area contributed by atoms with Crippen LogP contribution in [-0.4, -0.2) is 47.8 Å². The molecular weight excluding hydrogens is 332 g/mol. The Kier molecular flexibility index (Phi) is 5.11. The average Bonchev–Trinajstić information content (AvgIpc) is 3.23. The Hall–Kier alpha value is -1.36. The minimum absolute atomic E-state index is 0.120. The van der Waals surface area contributed by atoms with Crippen molar-refractivity contribution in [3.05, 3.63) is 21.4 Å². The van der Waals surface area contributed by atoms with Gasteiger partial charge in [0, 0.05) is 37.0 Å². The summed E-state index contributed by atoms with van der Waals surface area (Å²) in [6, 6.07) is 2.09. The number of hydrogen-bond donors (Lipinski definition) is 0. The Morgan fingerprint density at radius 3 is 2.28 bits per heavy atom. The molecule has 2 saturated heterocycles. The summed E-state index contributed by atoms with van der Waals surface area (Å²) in [5.41, 5.74) is 1.26. The standard InChI is InChI=1S/C20H28N2O2S/c23-19(21-9-3-1-2-4-10-21)15-7-8-17-16(13-15)14-18(25-17)20(24)22-11-5-6-12-22/h14-15H,1-13H2. The van der Waals surface area contributed by atoms with Crippen LogP contribution in [0.1, 0.15) is 65.1 Å². The van der Waals surface area contributed by atoms with Crippen LogP contribution in [0, 0.1) is 5.92 Å². The Balaban J connectivity index is 1.44. The fourth-order valence-corrected chi connectivity index (χ4v) is 5.64. The van der Waals surface area contributed by atoms with Crippen molar-refractivity contribution in [2.45, 2.75) is 57.8 Å². The molecule has 0 spiro atoms. The van der Waals surface area contributed by atoms with Crippen LogP contribution in [0.5, 0.6) is 0 Å². The third kappa shape index (κ3) is 3.62. The molecule has 0 aromatic carbocycles. The average molecular weight is 361 g/mol. The van der Waals surface area contributed by atoms with E-state index < -0.39 is 0 Å². The maximum atomic E-state index is 12.9. The number of amides is 2. The topological polar surface area (TPSA) is 40.6 Å². The van der Waals surface area contributed by atoms with E-state index in [1.807, 2.05) is 4.90 Å². The van der Waals surface area contributed by atoms with Crippen LogP contribution in [0.4, 0.5) is 0 Å². The number of carbonyl (C=O) groups is 2. The van der Waals surface area contributed by atoms with Gasteiger partial charge in [-0.05, 0) is 56.6 Å². The predicted molar refractivity (Wildman–Crippen MR) is 100 cm³/mol. The number of carbonyl (C=O) groups excluding carboxylic acids is 2. The van der Waals surface area contributed by atoms with E-state index in [1.54, 1.807) is 11.3 Å². The van der Waals surface area contributed by atoms with Gasteiger partial charge in [0.15, 0.2) is 0 Å². The highest BCUT2D eigenvalue weighted by Gasteiger charge is 2.31. The fourth-order valence-electron chi connectivity index (χ4n) is 4.47. The van der Waals surface area contributed by atoms with Gasteiger partial charge in [-0.15, -0.1) is 11.3 Å². The first-order valence-corrected chi connectivity index (χ1v) is 10.7. The molecule has 1 aliphatic carbocycles. The van der Waals surface area contributed by atoms with E-state index in [-0.39, 0.29) is 11.8 Å². The van der Waals surface area contributed by atoms with Crippen molar-refractivity contribution < 1.29 is 9.59 Å². The maximum absolute atomic E-state index is 12.9. The van der Waals surface area contributed by atoms with Crippen molar-refractivity contribution in [1.29, 1.82) is 0 Å². The molecule has 2 amide bonds. The predicted octanol–water partition coefficient (Wildman–Crippen LogP) is 3.49. The Morgan fingerprint density at radius 2 is 1.56 bits per heavy atom. The van der Waals surface area contributed by atoms with Gasteiger partial charge < -0.3 is 9.80 Å². The summed E-state index contributed by atoms with van der Waals surface area (Å²) in [5, 5.41) is 0. The lowest BCUT2D eigenvalue weighted by molar-refractivity contribution is -0.135. The van der Waals surface area contributed by atoms with Crippen LogP contribution < -0.4 is 0 Å². The lowest BCUT2D eigenvalue weighted by Crippen LogP contribution is -2.38. The van der Waals surface area contributed by atoms with Crippen LogP contribution in [-0.2, 0) is 17.6 Å². The second-order valence-corrected chi connectivity index (χ2v) is 8.87. The summed E-state index contributed by atoms with van der Waals surface area (Å²) in [5.74, 6) is 0.674. The highest BCUT2D eigenvalue weighted by Crippen LogP contribution is 2.34. The van der Waals surface area contributed by atoms with Crippen LogP contribution in [0.3, 0.4) is 0 Å². The molecule has 3 heterocycles. The van der Waals surface area contributed by atoms with E-state index in [0.717, 1.165) is 76.0 Å². The quantitative estimate of drug-likeness (QED) is 0.810. The number of thiophene rings is 1. The maximum Gasteiger partial charge on any atom is 0.263 e. The second-order valence-electron chi connectivity index (χ2n) is 7.74. The molecule has 25 heavy (non-hydrogen) atoms. The van der Waals surface area contributed by atoms with Gasteiger partial charge in [0.1, 0.15) is 0 Å². The van der Waals surface area contributed by atoms with Crippen molar-refractivity contribution in [2.75, 3.05) is 26.2 Å². The first-order valence-electron chi connectivity index (χ1n) is 9.92. The monoisotopic (exact) mass is 360 g/mol. The molecule has 0 bridgehead atoms. The zero-order chi connectivity index (χ0) is 17.2. The van der Waals surface area contributed by atoms with E-state index >= 15 is 0 Å². The van der Waals surface area contributed by atoms with E-state index in [1.165, 1.54) is 23.3 Å².